The van der Waals surface area contributed by atoms with Gasteiger partial charge in [0.25, 0.3) is 0 Å². The third-order valence-electron chi connectivity index (χ3n) is 3.85. The Morgan fingerprint density at radius 1 is 1.14 bits per heavy atom. The summed E-state index contributed by atoms with van der Waals surface area (Å²) in [6.45, 7) is 4.19. The molecule has 0 saturated heterocycles. The number of carbonyl (C=O) groups is 1. The molecule has 0 aromatic heterocycles. The van der Waals surface area contributed by atoms with Crippen molar-refractivity contribution >= 4 is 17.7 Å². The molecule has 1 aliphatic rings. The van der Waals surface area contributed by atoms with Gasteiger partial charge in [-0.05, 0) is 43.9 Å². The molecule has 1 atom stereocenters. The second-order valence-corrected chi connectivity index (χ2v) is 7.11. The molecule has 2 aromatic rings. The summed E-state index contributed by atoms with van der Waals surface area (Å²) in [7, 11) is 0. The third-order valence-corrected chi connectivity index (χ3v) is 5.27. The van der Waals surface area contributed by atoms with E-state index in [9.17, 15) is 4.79 Å². The molecule has 1 aliphatic carbocycles. The molecule has 2 aromatic carbocycles. The predicted molar refractivity (Wildman–Crippen MR) is 92.1 cm³/mol. The molecular formula is C19H21NOS. The summed E-state index contributed by atoms with van der Waals surface area (Å²) in [5.74, 6) is 0.125. The second kappa shape index (κ2) is 6.57. The average Bonchev–Trinajstić information content (AvgIpc) is 3.33. The number of carbonyl (C=O) groups excluding carboxylic acids is 1. The van der Waals surface area contributed by atoms with Gasteiger partial charge in [0.1, 0.15) is 5.25 Å². The molecule has 0 bridgehead atoms. The molecule has 0 heterocycles. The van der Waals surface area contributed by atoms with E-state index < -0.39 is 0 Å². The minimum absolute atomic E-state index is 0.125. The summed E-state index contributed by atoms with van der Waals surface area (Å²) in [6, 6.07) is 16.8. The van der Waals surface area contributed by atoms with Crippen LogP contribution in [0.2, 0.25) is 0 Å². The van der Waals surface area contributed by atoms with Gasteiger partial charge >= 0.3 is 0 Å². The van der Waals surface area contributed by atoms with Gasteiger partial charge in [-0.3, -0.25) is 4.79 Å². The molecule has 22 heavy (non-hydrogen) atoms. The maximum absolute atomic E-state index is 12.7. The summed E-state index contributed by atoms with van der Waals surface area (Å²) in [6.07, 6.45) is 2.22. The van der Waals surface area contributed by atoms with E-state index in [1.807, 2.05) is 30.3 Å². The van der Waals surface area contributed by atoms with Crippen LogP contribution in [-0.4, -0.2) is 11.9 Å². The largest absolute Gasteiger partial charge is 0.352 e. The Balaban J connectivity index is 1.87. The molecule has 3 rings (SSSR count). The van der Waals surface area contributed by atoms with Crippen LogP contribution in [0.5, 0.6) is 0 Å². The lowest BCUT2D eigenvalue weighted by Crippen LogP contribution is -2.29. The number of aryl methyl sites for hydroxylation is 2. The quantitative estimate of drug-likeness (QED) is 0.828. The first-order valence-electron chi connectivity index (χ1n) is 7.73. The number of amides is 1. The van der Waals surface area contributed by atoms with Gasteiger partial charge in [0.2, 0.25) is 5.91 Å². The molecule has 3 heteroatoms. The first-order valence-corrected chi connectivity index (χ1v) is 8.60. The minimum Gasteiger partial charge on any atom is -0.352 e. The molecule has 1 saturated carbocycles. The fraction of sp³-hybridized carbons (Fsp3) is 0.316. The molecule has 0 spiro atoms. The van der Waals surface area contributed by atoms with Crippen molar-refractivity contribution in [1.29, 1.82) is 0 Å². The van der Waals surface area contributed by atoms with Gasteiger partial charge in [-0.15, -0.1) is 11.8 Å². The lowest BCUT2D eigenvalue weighted by atomic mass is 10.1. The molecule has 2 nitrogen and oxygen atoms in total. The maximum atomic E-state index is 12.7. The third kappa shape index (κ3) is 3.72. The van der Waals surface area contributed by atoms with Gasteiger partial charge in [0.15, 0.2) is 0 Å². The summed E-state index contributed by atoms with van der Waals surface area (Å²) in [4.78, 5) is 13.8. The number of rotatable bonds is 5. The van der Waals surface area contributed by atoms with Crippen molar-refractivity contribution in [3.63, 3.8) is 0 Å². The van der Waals surface area contributed by atoms with Crippen LogP contribution in [0.15, 0.2) is 53.4 Å². The molecular weight excluding hydrogens is 290 g/mol. The Morgan fingerprint density at radius 3 is 2.55 bits per heavy atom. The summed E-state index contributed by atoms with van der Waals surface area (Å²) < 4.78 is 0. The number of thioether (sulfide) groups is 1. The highest BCUT2D eigenvalue weighted by Gasteiger charge is 2.29. The molecule has 0 radical (unpaired) electrons. The van der Waals surface area contributed by atoms with Crippen LogP contribution in [0.4, 0.5) is 0 Å². The van der Waals surface area contributed by atoms with E-state index in [0.717, 1.165) is 18.4 Å². The van der Waals surface area contributed by atoms with Crippen molar-refractivity contribution in [2.75, 3.05) is 0 Å². The number of hydrogen-bond donors (Lipinski definition) is 1. The van der Waals surface area contributed by atoms with E-state index in [1.165, 1.54) is 16.0 Å². The zero-order valence-electron chi connectivity index (χ0n) is 13.0. The Kier molecular flexibility index (Phi) is 4.53. The number of benzene rings is 2. The SMILES string of the molecule is Cc1ccc(C)c(S[C@H](C(=O)NC2CC2)c2ccccc2)c1. The lowest BCUT2D eigenvalue weighted by molar-refractivity contribution is -0.120. The zero-order chi connectivity index (χ0) is 15.5. The van der Waals surface area contributed by atoms with Crippen LogP contribution in [-0.2, 0) is 4.79 Å². The van der Waals surface area contributed by atoms with Gasteiger partial charge in [0.05, 0.1) is 0 Å². The number of nitrogens with one attached hydrogen (secondary N) is 1. The Morgan fingerprint density at radius 2 is 1.86 bits per heavy atom. The topological polar surface area (TPSA) is 29.1 Å². The molecule has 1 amide bonds. The van der Waals surface area contributed by atoms with Crippen LogP contribution < -0.4 is 5.32 Å². The Bertz CT molecular complexity index is 664. The average molecular weight is 311 g/mol. The normalized spacial score (nSPS) is 15.4. The van der Waals surface area contributed by atoms with E-state index >= 15 is 0 Å². The lowest BCUT2D eigenvalue weighted by Gasteiger charge is -2.18. The van der Waals surface area contributed by atoms with Crippen LogP contribution in [0.3, 0.4) is 0 Å². The van der Waals surface area contributed by atoms with E-state index in [1.54, 1.807) is 11.8 Å². The Hall–Kier alpha value is -1.74. The fourth-order valence-corrected chi connectivity index (χ4v) is 3.60. The molecule has 114 valence electrons. The van der Waals surface area contributed by atoms with Crippen molar-refractivity contribution in [3.8, 4) is 0 Å². The van der Waals surface area contributed by atoms with Gasteiger partial charge in [-0.2, -0.15) is 0 Å². The van der Waals surface area contributed by atoms with E-state index in [-0.39, 0.29) is 11.2 Å². The standard InChI is InChI=1S/C19H21NOS/c1-13-8-9-14(2)17(12-13)22-18(15-6-4-3-5-7-15)19(21)20-16-10-11-16/h3-9,12,16,18H,10-11H2,1-2H3,(H,20,21)/t18-/m0/s1. The first kappa shape index (κ1) is 15.2. The number of hydrogen-bond acceptors (Lipinski definition) is 2. The highest BCUT2D eigenvalue weighted by atomic mass is 32.2. The van der Waals surface area contributed by atoms with Crippen molar-refractivity contribution in [1.82, 2.24) is 5.32 Å². The van der Waals surface area contributed by atoms with Gasteiger partial charge in [-0.25, -0.2) is 0 Å². The van der Waals surface area contributed by atoms with Gasteiger partial charge in [0, 0.05) is 10.9 Å². The van der Waals surface area contributed by atoms with Crippen LogP contribution >= 0.6 is 11.8 Å². The summed E-state index contributed by atoms with van der Waals surface area (Å²) >= 11 is 1.65. The monoisotopic (exact) mass is 311 g/mol. The summed E-state index contributed by atoms with van der Waals surface area (Å²) in [5.41, 5.74) is 3.50. The molecule has 0 unspecified atom stereocenters. The molecule has 1 N–H and O–H groups in total. The van der Waals surface area contributed by atoms with E-state index in [4.69, 9.17) is 0 Å². The summed E-state index contributed by atoms with van der Waals surface area (Å²) in [5, 5.41) is 2.95. The second-order valence-electron chi connectivity index (χ2n) is 5.96. The molecule has 0 aliphatic heterocycles. The molecule has 1 fully saturated rings. The first-order chi connectivity index (χ1) is 10.6. The van der Waals surface area contributed by atoms with E-state index in [0.29, 0.717) is 6.04 Å². The van der Waals surface area contributed by atoms with Crippen LogP contribution in [0.25, 0.3) is 0 Å². The van der Waals surface area contributed by atoms with Crippen molar-refractivity contribution in [2.45, 2.75) is 42.9 Å². The Labute approximate surface area is 136 Å². The minimum atomic E-state index is -0.192. The van der Waals surface area contributed by atoms with Crippen molar-refractivity contribution < 1.29 is 4.79 Å². The highest BCUT2D eigenvalue weighted by molar-refractivity contribution is 8.00. The van der Waals surface area contributed by atoms with Crippen LogP contribution in [0, 0.1) is 13.8 Å². The highest BCUT2D eigenvalue weighted by Crippen LogP contribution is 2.38. The zero-order valence-corrected chi connectivity index (χ0v) is 13.8. The maximum Gasteiger partial charge on any atom is 0.238 e. The van der Waals surface area contributed by atoms with Crippen molar-refractivity contribution in [3.05, 3.63) is 65.2 Å². The fourth-order valence-electron chi connectivity index (χ4n) is 2.37. The van der Waals surface area contributed by atoms with Gasteiger partial charge in [-0.1, -0.05) is 48.0 Å². The van der Waals surface area contributed by atoms with Crippen LogP contribution in [0.1, 0.15) is 34.8 Å². The predicted octanol–water partition coefficient (Wildman–Crippen LogP) is 4.42. The smallest absolute Gasteiger partial charge is 0.238 e. The van der Waals surface area contributed by atoms with Crippen molar-refractivity contribution in [2.24, 2.45) is 0 Å². The van der Waals surface area contributed by atoms with Gasteiger partial charge < -0.3 is 5.32 Å². The van der Waals surface area contributed by atoms with E-state index in [2.05, 4.69) is 37.4 Å².